The van der Waals surface area contributed by atoms with E-state index in [-0.39, 0.29) is 36.4 Å². The smallest absolute Gasteiger partial charge is 0.246 e. The first-order chi connectivity index (χ1) is 14.5. The normalized spacial score (nSPS) is 33.0. The van der Waals surface area contributed by atoms with E-state index in [1.165, 1.54) is 0 Å². The van der Waals surface area contributed by atoms with Crippen molar-refractivity contribution in [3.05, 3.63) is 0 Å². The Kier molecular flexibility index (Phi) is 6.73. The predicted molar refractivity (Wildman–Crippen MR) is 116 cm³/mol. The number of carbonyl (C=O) groups excluding carboxylic acids is 3. The van der Waals surface area contributed by atoms with E-state index >= 15 is 0 Å². The summed E-state index contributed by atoms with van der Waals surface area (Å²) in [5.41, 5.74) is -1.50. The number of nitrogens with zero attached hydrogens (tertiary/aromatic N) is 1. The second kappa shape index (κ2) is 8.70. The fourth-order valence-electron chi connectivity index (χ4n) is 5.71. The third-order valence-electron chi connectivity index (χ3n) is 6.68. The van der Waals surface area contributed by atoms with Crippen LogP contribution in [0.1, 0.15) is 67.2 Å². The molecule has 3 saturated heterocycles. The van der Waals surface area contributed by atoms with Gasteiger partial charge < -0.3 is 25.4 Å². The van der Waals surface area contributed by atoms with Crippen molar-refractivity contribution in [3.63, 3.8) is 0 Å². The molecule has 0 aromatic heterocycles. The molecular weight excluding hydrogens is 398 g/mol. The largest absolute Gasteiger partial charge is 0.394 e. The summed E-state index contributed by atoms with van der Waals surface area (Å²) >= 11 is 0. The third kappa shape index (κ3) is 4.21. The quantitative estimate of drug-likeness (QED) is 0.529. The lowest BCUT2D eigenvalue weighted by Gasteiger charge is -2.38. The number of ether oxygens (including phenoxy) is 1. The Morgan fingerprint density at radius 1 is 1.29 bits per heavy atom. The van der Waals surface area contributed by atoms with E-state index in [1.807, 2.05) is 41.5 Å². The van der Waals surface area contributed by atoms with Crippen molar-refractivity contribution in [1.29, 1.82) is 0 Å². The van der Waals surface area contributed by atoms with Crippen molar-refractivity contribution in [2.24, 2.45) is 17.8 Å². The molecule has 176 valence electrons. The molecule has 8 heteroatoms. The number of likely N-dealkylation sites (tertiary alicyclic amines) is 1. The minimum atomic E-state index is -1.02. The van der Waals surface area contributed by atoms with Crippen LogP contribution in [0.25, 0.3) is 0 Å². The number of amides is 3. The van der Waals surface area contributed by atoms with Crippen molar-refractivity contribution in [1.82, 2.24) is 15.5 Å². The van der Waals surface area contributed by atoms with Crippen LogP contribution in [-0.4, -0.2) is 70.2 Å². The molecule has 0 aromatic rings. The van der Waals surface area contributed by atoms with Gasteiger partial charge in [-0.05, 0) is 52.4 Å². The van der Waals surface area contributed by atoms with Crippen LogP contribution in [0.2, 0.25) is 0 Å². The molecule has 8 nitrogen and oxygen atoms in total. The van der Waals surface area contributed by atoms with E-state index in [9.17, 15) is 19.5 Å². The molecule has 6 atom stereocenters. The molecule has 2 bridgehead atoms. The van der Waals surface area contributed by atoms with Gasteiger partial charge >= 0.3 is 0 Å². The standard InChI is InChI=1S/C23H39N3O5/c1-7-10-24-19(28)16-15-8-9-23(31-15)17(16)21(30)26(14(12-27)11-13(2)3)18(23)20(29)25-22(4,5)6/h13-18,27H,7-12H2,1-6H3,(H,24,28)(H,25,29)/t14-,15+,16-,17+,18?,23?/m1/s1. The molecule has 3 fully saturated rings. The molecule has 3 heterocycles. The van der Waals surface area contributed by atoms with E-state index in [4.69, 9.17) is 4.74 Å². The molecule has 0 radical (unpaired) electrons. The van der Waals surface area contributed by atoms with E-state index < -0.39 is 35.1 Å². The summed E-state index contributed by atoms with van der Waals surface area (Å²) in [5.74, 6) is -1.75. The topological polar surface area (TPSA) is 108 Å². The van der Waals surface area contributed by atoms with Crippen LogP contribution in [0.4, 0.5) is 0 Å². The number of aliphatic hydroxyl groups is 1. The highest BCUT2D eigenvalue weighted by Gasteiger charge is 2.75. The Labute approximate surface area is 185 Å². The van der Waals surface area contributed by atoms with Crippen molar-refractivity contribution in [3.8, 4) is 0 Å². The maximum absolute atomic E-state index is 13.8. The van der Waals surface area contributed by atoms with Crippen molar-refractivity contribution >= 4 is 17.7 Å². The first-order valence-electron chi connectivity index (χ1n) is 11.7. The van der Waals surface area contributed by atoms with Crippen molar-refractivity contribution in [2.75, 3.05) is 13.2 Å². The summed E-state index contributed by atoms with van der Waals surface area (Å²) < 4.78 is 6.38. The molecule has 3 amide bonds. The highest BCUT2D eigenvalue weighted by Crippen LogP contribution is 2.58. The molecule has 3 aliphatic heterocycles. The molecule has 1 spiro atoms. The molecule has 2 unspecified atom stereocenters. The zero-order valence-electron chi connectivity index (χ0n) is 19.7. The minimum Gasteiger partial charge on any atom is -0.394 e. The number of aliphatic hydroxyl groups excluding tert-OH is 1. The molecule has 3 N–H and O–H groups in total. The summed E-state index contributed by atoms with van der Waals surface area (Å²) in [4.78, 5) is 41.9. The van der Waals surface area contributed by atoms with Gasteiger partial charge in [-0.1, -0.05) is 20.8 Å². The van der Waals surface area contributed by atoms with Gasteiger partial charge in [-0.25, -0.2) is 0 Å². The fraction of sp³-hybridized carbons (Fsp3) is 0.870. The first-order valence-corrected chi connectivity index (χ1v) is 11.7. The van der Waals surface area contributed by atoms with Crippen LogP contribution in [0.15, 0.2) is 0 Å². The average Bonchev–Trinajstić information content (AvgIpc) is 3.30. The van der Waals surface area contributed by atoms with Crippen LogP contribution in [0, 0.1) is 17.8 Å². The second-order valence-corrected chi connectivity index (χ2v) is 10.8. The number of nitrogens with one attached hydrogen (secondary N) is 2. The third-order valence-corrected chi connectivity index (χ3v) is 6.68. The van der Waals surface area contributed by atoms with Gasteiger partial charge in [0.15, 0.2) is 0 Å². The van der Waals surface area contributed by atoms with E-state index in [0.717, 1.165) is 6.42 Å². The number of fused-ring (bicyclic) bond motifs is 1. The molecule has 3 rings (SSSR count). The second-order valence-electron chi connectivity index (χ2n) is 10.8. The summed E-state index contributed by atoms with van der Waals surface area (Å²) in [5, 5.41) is 16.1. The number of hydrogen-bond donors (Lipinski definition) is 3. The average molecular weight is 438 g/mol. The van der Waals surface area contributed by atoms with Crippen LogP contribution in [0.5, 0.6) is 0 Å². The maximum atomic E-state index is 13.8. The van der Waals surface area contributed by atoms with Gasteiger partial charge in [0.1, 0.15) is 11.6 Å². The van der Waals surface area contributed by atoms with E-state index in [1.54, 1.807) is 4.90 Å². The SMILES string of the molecule is CCCNC(=O)[C@@H]1[C@@H]2CCC3(O2)C(C(=O)NC(C)(C)C)N([C@@H](CO)CC(C)C)C(=O)[C@H]13. The molecule has 3 aliphatic rings. The Morgan fingerprint density at radius 2 is 1.97 bits per heavy atom. The Balaban J connectivity index is 2.02. The van der Waals surface area contributed by atoms with Gasteiger partial charge in [0.2, 0.25) is 17.7 Å². The zero-order chi connectivity index (χ0) is 23.1. The molecular formula is C23H39N3O5. The molecule has 0 aromatic carbocycles. The summed E-state index contributed by atoms with van der Waals surface area (Å²) in [6.07, 6.45) is 2.23. The lowest BCUT2D eigenvalue weighted by molar-refractivity contribution is -0.146. The lowest BCUT2D eigenvalue weighted by atomic mass is 9.70. The minimum absolute atomic E-state index is 0.173. The van der Waals surface area contributed by atoms with Gasteiger partial charge in [0, 0.05) is 12.1 Å². The van der Waals surface area contributed by atoms with Crippen LogP contribution in [0.3, 0.4) is 0 Å². The van der Waals surface area contributed by atoms with Crippen molar-refractivity contribution in [2.45, 2.75) is 96.6 Å². The highest BCUT2D eigenvalue weighted by molar-refractivity contribution is 5.99. The summed E-state index contributed by atoms with van der Waals surface area (Å²) in [6.45, 7) is 12.0. The van der Waals surface area contributed by atoms with Gasteiger partial charge in [0.25, 0.3) is 0 Å². The van der Waals surface area contributed by atoms with Crippen LogP contribution >= 0.6 is 0 Å². The fourth-order valence-corrected chi connectivity index (χ4v) is 5.71. The van der Waals surface area contributed by atoms with Gasteiger partial charge in [0.05, 0.1) is 30.6 Å². The van der Waals surface area contributed by atoms with Crippen molar-refractivity contribution < 1.29 is 24.2 Å². The Bertz CT molecular complexity index is 718. The Morgan fingerprint density at radius 3 is 2.52 bits per heavy atom. The monoisotopic (exact) mass is 437 g/mol. The molecule has 0 saturated carbocycles. The summed E-state index contributed by atoms with van der Waals surface area (Å²) in [7, 11) is 0. The number of rotatable bonds is 8. The lowest BCUT2D eigenvalue weighted by Crippen LogP contribution is -2.60. The van der Waals surface area contributed by atoms with Gasteiger partial charge in [-0.2, -0.15) is 0 Å². The predicted octanol–water partition coefficient (Wildman–Crippen LogP) is 1.21. The number of hydrogen-bond acceptors (Lipinski definition) is 5. The van der Waals surface area contributed by atoms with Gasteiger partial charge in [-0.15, -0.1) is 0 Å². The van der Waals surface area contributed by atoms with Crippen LogP contribution in [-0.2, 0) is 19.1 Å². The highest BCUT2D eigenvalue weighted by atomic mass is 16.5. The summed E-state index contributed by atoms with van der Waals surface area (Å²) in [6, 6.07) is -1.35. The van der Waals surface area contributed by atoms with Gasteiger partial charge in [-0.3, -0.25) is 14.4 Å². The number of carbonyl (C=O) groups is 3. The Hall–Kier alpha value is -1.67. The van der Waals surface area contributed by atoms with E-state index in [0.29, 0.717) is 25.8 Å². The molecule has 0 aliphatic carbocycles. The van der Waals surface area contributed by atoms with Crippen LogP contribution < -0.4 is 10.6 Å². The molecule has 31 heavy (non-hydrogen) atoms. The first kappa shape index (κ1) is 24.0. The zero-order valence-corrected chi connectivity index (χ0v) is 19.7. The van der Waals surface area contributed by atoms with E-state index in [2.05, 4.69) is 10.6 Å². The maximum Gasteiger partial charge on any atom is 0.246 e.